The van der Waals surface area contributed by atoms with Gasteiger partial charge < -0.3 is 11.1 Å². The van der Waals surface area contributed by atoms with Gasteiger partial charge >= 0.3 is 6.18 Å². The summed E-state index contributed by atoms with van der Waals surface area (Å²) in [5.74, 6) is -1.77. The quantitative estimate of drug-likeness (QED) is 0.439. The first kappa shape index (κ1) is 20.2. The third kappa shape index (κ3) is 5.45. The molecule has 3 N–H and O–H groups in total. The summed E-state index contributed by atoms with van der Waals surface area (Å²) in [5, 5.41) is 13.4. The van der Waals surface area contributed by atoms with Crippen molar-refractivity contribution >= 4 is 35.0 Å². The molecule has 27 heavy (non-hydrogen) atoms. The molecule has 0 aromatic heterocycles. The minimum atomic E-state index is -4.54. The Balaban J connectivity index is 2.08. The standard InChI is InChI=1S/C16H12F3N3O4S/c17-16(18,19)10-2-1-3-11(7-10)21-14(23)8-27-13-5-4-9(15(20)24)6-12(13)22(25)26/h1-7H,8H2,(H2,20,24)(H,21,23). The number of nitro groups is 1. The van der Waals surface area contributed by atoms with Crippen molar-refractivity contribution < 1.29 is 27.7 Å². The number of hydrogen-bond donors (Lipinski definition) is 2. The summed E-state index contributed by atoms with van der Waals surface area (Å²) in [4.78, 5) is 33.5. The van der Waals surface area contributed by atoms with E-state index >= 15 is 0 Å². The second kappa shape index (κ2) is 8.08. The molecular formula is C16H12F3N3O4S. The Hall–Kier alpha value is -3.08. The molecular weight excluding hydrogens is 387 g/mol. The lowest BCUT2D eigenvalue weighted by molar-refractivity contribution is -0.387. The van der Waals surface area contributed by atoms with Crippen molar-refractivity contribution in [3.63, 3.8) is 0 Å². The highest BCUT2D eigenvalue weighted by Crippen LogP contribution is 2.32. The van der Waals surface area contributed by atoms with Gasteiger partial charge in [0.25, 0.3) is 5.69 Å². The number of primary amides is 1. The molecule has 0 aliphatic rings. The molecule has 0 saturated heterocycles. The Labute approximate surface area is 154 Å². The van der Waals surface area contributed by atoms with Gasteiger partial charge in [-0.05, 0) is 30.3 Å². The molecule has 0 bridgehead atoms. The van der Waals surface area contributed by atoms with Crippen LogP contribution in [0.1, 0.15) is 15.9 Å². The third-order valence-electron chi connectivity index (χ3n) is 3.27. The number of alkyl halides is 3. The summed E-state index contributed by atoms with van der Waals surface area (Å²) in [6.45, 7) is 0. The fourth-order valence-electron chi connectivity index (χ4n) is 2.05. The van der Waals surface area contributed by atoms with E-state index in [1.54, 1.807) is 0 Å². The van der Waals surface area contributed by atoms with Crippen LogP contribution >= 0.6 is 11.8 Å². The molecule has 0 spiro atoms. The summed E-state index contributed by atoms with van der Waals surface area (Å²) in [7, 11) is 0. The number of carbonyl (C=O) groups is 2. The highest BCUT2D eigenvalue weighted by Gasteiger charge is 2.30. The van der Waals surface area contributed by atoms with E-state index in [1.807, 2.05) is 0 Å². The minimum absolute atomic E-state index is 0.0472. The topological polar surface area (TPSA) is 115 Å². The summed E-state index contributed by atoms with van der Waals surface area (Å²) >= 11 is 0.805. The van der Waals surface area contributed by atoms with Crippen LogP contribution in [0.2, 0.25) is 0 Å². The summed E-state index contributed by atoms with van der Waals surface area (Å²) < 4.78 is 38.0. The van der Waals surface area contributed by atoms with Crippen LogP contribution in [-0.4, -0.2) is 22.5 Å². The number of anilines is 1. The lowest BCUT2D eigenvalue weighted by Gasteiger charge is -2.10. The van der Waals surface area contributed by atoms with Gasteiger partial charge in [-0.3, -0.25) is 19.7 Å². The monoisotopic (exact) mass is 399 g/mol. The van der Waals surface area contributed by atoms with E-state index < -0.39 is 34.2 Å². The number of hydrogen-bond acceptors (Lipinski definition) is 5. The van der Waals surface area contributed by atoms with Crippen molar-refractivity contribution in [3.05, 3.63) is 63.7 Å². The van der Waals surface area contributed by atoms with Crippen LogP contribution in [0.3, 0.4) is 0 Å². The first-order chi connectivity index (χ1) is 12.6. The van der Waals surface area contributed by atoms with E-state index in [4.69, 9.17) is 5.73 Å². The van der Waals surface area contributed by atoms with Gasteiger partial charge in [0.1, 0.15) is 0 Å². The van der Waals surface area contributed by atoms with Crippen LogP contribution in [0.15, 0.2) is 47.4 Å². The molecule has 2 aromatic carbocycles. The zero-order valence-corrected chi connectivity index (χ0v) is 14.3. The molecule has 0 fully saturated rings. The molecule has 7 nitrogen and oxygen atoms in total. The third-order valence-corrected chi connectivity index (χ3v) is 4.34. The fourth-order valence-corrected chi connectivity index (χ4v) is 2.85. The van der Waals surface area contributed by atoms with Crippen LogP contribution in [0.4, 0.5) is 24.5 Å². The average Bonchev–Trinajstić information content (AvgIpc) is 2.59. The molecule has 0 aliphatic carbocycles. The molecule has 142 valence electrons. The zero-order valence-electron chi connectivity index (χ0n) is 13.4. The van der Waals surface area contributed by atoms with Crippen LogP contribution in [0, 0.1) is 10.1 Å². The average molecular weight is 399 g/mol. The molecule has 2 amide bonds. The van der Waals surface area contributed by atoms with Crippen molar-refractivity contribution in [2.24, 2.45) is 5.73 Å². The summed E-state index contributed by atoms with van der Waals surface area (Å²) in [6, 6.07) is 7.65. The van der Waals surface area contributed by atoms with E-state index in [-0.39, 0.29) is 21.9 Å². The minimum Gasteiger partial charge on any atom is -0.366 e. The highest BCUT2D eigenvalue weighted by atomic mass is 32.2. The van der Waals surface area contributed by atoms with Crippen molar-refractivity contribution in [3.8, 4) is 0 Å². The predicted octanol–water partition coefficient (Wildman–Crippen LogP) is 3.44. The maximum atomic E-state index is 12.7. The molecule has 0 saturated carbocycles. The van der Waals surface area contributed by atoms with Gasteiger partial charge in [-0.2, -0.15) is 13.2 Å². The number of nitrogens with two attached hydrogens (primary N) is 1. The van der Waals surface area contributed by atoms with Crippen molar-refractivity contribution in [2.75, 3.05) is 11.1 Å². The molecule has 0 atom stereocenters. The molecule has 2 rings (SSSR count). The van der Waals surface area contributed by atoms with Gasteiger partial charge in [0.2, 0.25) is 11.8 Å². The van der Waals surface area contributed by atoms with E-state index in [2.05, 4.69) is 5.32 Å². The molecule has 0 radical (unpaired) electrons. The molecule has 11 heteroatoms. The van der Waals surface area contributed by atoms with Crippen LogP contribution < -0.4 is 11.1 Å². The van der Waals surface area contributed by atoms with Crippen molar-refractivity contribution in [1.29, 1.82) is 0 Å². The summed E-state index contributed by atoms with van der Waals surface area (Å²) in [5.41, 5.74) is 3.66. The number of halogens is 3. The van der Waals surface area contributed by atoms with Crippen LogP contribution in [0.25, 0.3) is 0 Å². The Bertz CT molecular complexity index is 903. The molecule has 0 unspecified atom stereocenters. The highest BCUT2D eigenvalue weighted by molar-refractivity contribution is 8.00. The Morgan fingerprint density at radius 1 is 1.19 bits per heavy atom. The van der Waals surface area contributed by atoms with Crippen molar-refractivity contribution in [2.45, 2.75) is 11.1 Å². The fraction of sp³-hybridized carbons (Fsp3) is 0.125. The first-order valence-corrected chi connectivity index (χ1v) is 8.24. The first-order valence-electron chi connectivity index (χ1n) is 7.26. The molecule has 2 aromatic rings. The number of amides is 2. The Kier molecular flexibility index (Phi) is 6.05. The SMILES string of the molecule is NC(=O)c1ccc(SCC(=O)Nc2cccc(C(F)(F)F)c2)c([N+](=O)[O-])c1. The second-order valence-corrected chi connectivity index (χ2v) is 6.24. The molecule has 0 aliphatic heterocycles. The summed E-state index contributed by atoms with van der Waals surface area (Å²) in [6.07, 6.45) is -4.54. The Morgan fingerprint density at radius 2 is 1.89 bits per heavy atom. The second-order valence-electron chi connectivity index (χ2n) is 5.22. The number of rotatable bonds is 6. The van der Waals surface area contributed by atoms with Gasteiger partial charge in [0, 0.05) is 17.3 Å². The predicted molar refractivity (Wildman–Crippen MR) is 92.4 cm³/mol. The largest absolute Gasteiger partial charge is 0.416 e. The van der Waals surface area contributed by atoms with E-state index in [1.165, 1.54) is 18.2 Å². The van der Waals surface area contributed by atoms with Crippen LogP contribution in [-0.2, 0) is 11.0 Å². The van der Waals surface area contributed by atoms with Gasteiger partial charge in [0.05, 0.1) is 21.1 Å². The maximum absolute atomic E-state index is 12.7. The number of benzene rings is 2. The van der Waals surface area contributed by atoms with Gasteiger partial charge in [0.15, 0.2) is 0 Å². The van der Waals surface area contributed by atoms with Crippen molar-refractivity contribution in [1.82, 2.24) is 0 Å². The lowest BCUT2D eigenvalue weighted by atomic mass is 10.2. The number of nitrogens with zero attached hydrogens (tertiary/aromatic N) is 1. The number of nitro benzene ring substituents is 1. The molecule has 0 heterocycles. The number of thioether (sulfide) groups is 1. The lowest BCUT2D eigenvalue weighted by Crippen LogP contribution is -2.15. The zero-order chi connectivity index (χ0) is 20.2. The van der Waals surface area contributed by atoms with Crippen LogP contribution in [0.5, 0.6) is 0 Å². The van der Waals surface area contributed by atoms with Gasteiger partial charge in [-0.1, -0.05) is 6.07 Å². The number of carbonyl (C=O) groups excluding carboxylic acids is 2. The number of nitrogens with one attached hydrogen (secondary N) is 1. The normalized spacial score (nSPS) is 11.1. The van der Waals surface area contributed by atoms with E-state index in [0.717, 1.165) is 36.0 Å². The van der Waals surface area contributed by atoms with E-state index in [0.29, 0.717) is 0 Å². The van der Waals surface area contributed by atoms with Gasteiger partial charge in [-0.25, -0.2) is 0 Å². The smallest absolute Gasteiger partial charge is 0.366 e. The van der Waals surface area contributed by atoms with E-state index in [9.17, 15) is 32.9 Å². The maximum Gasteiger partial charge on any atom is 0.416 e. The Morgan fingerprint density at radius 3 is 2.48 bits per heavy atom. The van der Waals surface area contributed by atoms with Gasteiger partial charge in [-0.15, -0.1) is 11.8 Å².